The van der Waals surface area contributed by atoms with Crippen LogP contribution in [0.5, 0.6) is 0 Å². The molecule has 0 radical (unpaired) electrons. The minimum absolute atomic E-state index is 0.137. The second-order valence-electron chi connectivity index (χ2n) is 10.8. The fourth-order valence-corrected chi connectivity index (χ4v) is 8.93. The molecule has 6 rings (SSSR count). The Kier molecular flexibility index (Phi) is 8.80. The second kappa shape index (κ2) is 12.8. The highest BCUT2D eigenvalue weighted by atomic mass is 32.2. The molecule has 0 unspecified atom stereocenters. The van der Waals surface area contributed by atoms with Gasteiger partial charge in [0.1, 0.15) is 23.6 Å². The highest BCUT2D eigenvalue weighted by Gasteiger charge is 2.32. The number of hydrogen-bond acceptors (Lipinski definition) is 11. The minimum atomic E-state index is -3.22. The fraction of sp³-hybridized carbons (Fsp3) is 0.379. The number of sulfonamides is 1. The monoisotopic (exact) mass is 654 g/mol. The molecular formula is C29H34N8O4S3. The Labute approximate surface area is 264 Å². The number of ether oxygens (including phenoxy) is 1. The summed E-state index contributed by atoms with van der Waals surface area (Å²) in [6.07, 6.45) is 8.58. The zero-order valence-corrected chi connectivity index (χ0v) is 27.1. The number of likely N-dealkylation sites (N-methyl/N-ethyl adjacent to an activating group) is 1. The van der Waals surface area contributed by atoms with Crippen molar-refractivity contribution in [3.63, 3.8) is 0 Å². The molecule has 4 aromatic rings. The number of pyridine rings is 1. The number of amides is 1. The molecular weight excluding hydrogens is 621 g/mol. The lowest BCUT2D eigenvalue weighted by molar-refractivity contribution is -0.113. The third-order valence-electron chi connectivity index (χ3n) is 8.09. The maximum Gasteiger partial charge on any atom is 0.277 e. The average Bonchev–Trinajstić information content (AvgIpc) is 3.67. The van der Waals surface area contributed by atoms with Gasteiger partial charge < -0.3 is 19.3 Å². The fourth-order valence-electron chi connectivity index (χ4n) is 5.75. The number of aromatic nitrogens is 4. The number of nitrogens with zero attached hydrogens (tertiary/aromatic N) is 6. The average molecular weight is 655 g/mol. The zero-order valence-electron chi connectivity index (χ0n) is 24.6. The van der Waals surface area contributed by atoms with Crippen LogP contribution >= 0.6 is 23.3 Å². The van der Waals surface area contributed by atoms with E-state index < -0.39 is 10.0 Å². The number of thiophene rings is 1. The summed E-state index contributed by atoms with van der Waals surface area (Å²) in [6, 6.07) is 9.55. The van der Waals surface area contributed by atoms with Gasteiger partial charge in [-0.3, -0.25) is 9.36 Å². The van der Waals surface area contributed by atoms with Gasteiger partial charge in [0.15, 0.2) is 18.2 Å². The van der Waals surface area contributed by atoms with Crippen LogP contribution in [-0.2, 0) is 26.3 Å². The van der Waals surface area contributed by atoms with Gasteiger partial charge in [-0.25, -0.2) is 28.1 Å². The molecule has 1 fully saturated rings. The van der Waals surface area contributed by atoms with Crippen molar-refractivity contribution < 1.29 is 17.9 Å². The van der Waals surface area contributed by atoms with Gasteiger partial charge in [-0.1, -0.05) is 6.07 Å². The number of rotatable bonds is 10. The van der Waals surface area contributed by atoms with Crippen LogP contribution in [0.1, 0.15) is 31.2 Å². The molecule has 232 valence electrons. The van der Waals surface area contributed by atoms with Crippen molar-refractivity contribution in [3.05, 3.63) is 65.7 Å². The normalized spacial score (nSPS) is 18.8. The van der Waals surface area contributed by atoms with Crippen LogP contribution in [-0.4, -0.2) is 71.1 Å². The maximum atomic E-state index is 13.5. The van der Waals surface area contributed by atoms with E-state index in [1.54, 1.807) is 36.0 Å². The largest absolute Gasteiger partial charge is 0.470 e. The smallest absolute Gasteiger partial charge is 0.277 e. The van der Waals surface area contributed by atoms with Crippen molar-refractivity contribution in [2.45, 2.75) is 42.7 Å². The summed E-state index contributed by atoms with van der Waals surface area (Å²) < 4.78 is 37.7. The zero-order chi connectivity index (χ0) is 30.8. The van der Waals surface area contributed by atoms with E-state index >= 15 is 0 Å². The number of carbonyl (C=O) groups is 1. The SMILES string of the molecule is CNS(=O)(=O)C[C@H]1CC[C@H](N(C)c2ncnc3c2ccn3COC2=C(C(=O)Nc3ccccn3)N(C)Sc3sccc32)CC1. The van der Waals surface area contributed by atoms with Crippen molar-refractivity contribution in [1.82, 2.24) is 28.5 Å². The third kappa shape index (κ3) is 6.27. The van der Waals surface area contributed by atoms with Crippen molar-refractivity contribution >= 4 is 67.6 Å². The summed E-state index contributed by atoms with van der Waals surface area (Å²) in [4.78, 5) is 29.1. The van der Waals surface area contributed by atoms with Crippen molar-refractivity contribution in [2.24, 2.45) is 5.92 Å². The Morgan fingerprint density at radius 2 is 1.95 bits per heavy atom. The Balaban J connectivity index is 1.21. The molecule has 15 heteroatoms. The number of anilines is 2. The molecule has 0 saturated heterocycles. The molecule has 4 aromatic heterocycles. The van der Waals surface area contributed by atoms with Gasteiger partial charge in [0.25, 0.3) is 5.91 Å². The summed E-state index contributed by atoms with van der Waals surface area (Å²) in [5, 5.41) is 5.76. The lowest BCUT2D eigenvalue weighted by Gasteiger charge is -2.35. The van der Waals surface area contributed by atoms with Crippen LogP contribution in [0.25, 0.3) is 16.8 Å². The van der Waals surface area contributed by atoms with E-state index in [0.717, 1.165) is 52.3 Å². The predicted octanol–water partition coefficient (Wildman–Crippen LogP) is 4.37. The molecule has 1 amide bonds. The molecule has 44 heavy (non-hydrogen) atoms. The van der Waals surface area contributed by atoms with E-state index in [-0.39, 0.29) is 30.4 Å². The van der Waals surface area contributed by atoms with Crippen LogP contribution in [0, 0.1) is 5.92 Å². The molecule has 12 nitrogen and oxygen atoms in total. The van der Waals surface area contributed by atoms with Gasteiger partial charge in [0.05, 0.1) is 15.3 Å². The quantitative estimate of drug-likeness (QED) is 0.238. The third-order valence-corrected chi connectivity index (χ3v) is 11.7. The summed E-state index contributed by atoms with van der Waals surface area (Å²) in [6.45, 7) is 0.137. The molecule has 0 aromatic carbocycles. The standard InChI is InChI=1S/C29H34N8O4S3/c1-30-44(39,40)16-19-7-9-20(10-8-19)35(2)26-22-11-14-37(27(22)33-17-32-26)18-41-25-21-12-15-42-29(21)43-36(3)24(25)28(38)34-23-6-4-5-13-31-23/h4-6,11-15,17,19-20,30H,7-10,16,18H2,1-3H3,(H,31,34,38)/t19-,20-. The second-order valence-corrected chi connectivity index (χ2v) is 15.1. The first kappa shape index (κ1) is 30.4. The lowest BCUT2D eigenvalue weighted by atomic mass is 9.86. The van der Waals surface area contributed by atoms with Crippen molar-refractivity contribution in [2.75, 3.05) is 37.1 Å². The first-order chi connectivity index (χ1) is 21.2. The van der Waals surface area contributed by atoms with E-state index in [4.69, 9.17) is 4.74 Å². The van der Waals surface area contributed by atoms with Crippen molar-refractivity contribution in [3.8, 4) is 0 Å². The number of fused-ring (bicyclic) bond motifs is 2. The van der Waals surface area contributed by atoms with Crippen molar-refractivity contribution in [1.29, 1.82) is 0 Å². The van der Waals surface area contributed by atoms with E-state index in [1.165, 1.54) is 19.0 Å². The summed E-state index contributed by atoms with van der Waals surface area (Å²) in [7, 11) is 2.13. The number of nitrogens with one attached hydrogen (secondary N) is 2. The van der Waals surface area contributed by atoms with Crippen LogP contribution in [0.4, 0.5) is 11.6 Å². The first-order valence-corrected chi connectivity index (χ1v) is 17.6. The van der Waals surface area contributed by atoms with Gasteiger partial charge in [-0.2, -0.15) is 0 Å². The molecule has 0 bridgehead atoms. The summed E-state index contributed by atoms with van der Waals surface area (Å²) in [5.74, 6) is 1.79. The van der Waals surface area contributed by atoms with Gasteiger partial charge in [0, 0.05) is 38.1 Å². The van der Waals surface area contributed by atoms with Gasteiger partial charge in [-0.15, -0.1) is 11.3 Å². The molecule has 1 saturated carbocycles. The van der Waals surface area contributed by atoms with Gasteiger partial charge in [0.2, 0.25) is 10.0 Å². The summed E-state index contributed by atoms with van der Waals surface area (Å²) >= 11 is 3.08. The molecule has 2 aliphatic rings. The van der Waals surface area contributed by atoms with Crippen LogP contribution in [0.2, 0.25) is 0 Å². The Morgan fingerprint density at radius 1 is 1.14 bits per heavy atom. The van der Waals surface area contributed by atoms with E-state index in [1.807, 2.05) is 52.7 Å². The predicted molar refractivity (Wildman–Crippen MR) is 173 cm³/mol. The molecule has 1 aliphatic heterocycles. The van der Waals surface area contributed by atoms with Crippen LogP contribution in [0.3, 0.4) is 0 Å². The van der Waals surface area contributed by atoms with E-state index in [0.29, 0.717) is 17.3 Å². The number of carbonyl (C=O) groups excluding carboxylic acids is 1. The van der Waals surface area contributed by atoms with E-state index in [2.05, 4.69) is 29.9 Å². The maximum absolute atomic E-state index is 13.5. The van der Waals surface area contributed by atoms with Crippen LogP contribution in [0.15, 0.2) is 64.3 Å². The number of hydrogen-bond donors (Lipinski definition) is 2. The highest BCUT2D eigenvalue weighted by Crippen LogP contribution is 2.44. The first-order valence-electron chi connectivity index (χ1n) is 14.3. The lowest BCUT2D eigenvalue weighted by Crippen LogP contribution is -2.38. The topological polar surface area (TPSA) is 135 Å². The molecule has 5 heterocycles. The highest BCUT2D eigenvalue weighted by molar-refractivity contribution is 7.99. The molecule has 1 aliphatic carbocycles. The Hall–Kier alpha value is -3.66. The molecule has 2 N–H and O–H groups in total. The molecule has 0 atom stereocenters. The van der Waals surface area contributed by atoms with Crippen LogP contribution < -0.4 is 14.9 Å². The van der Waals surface area contributed by atoms with E-state index in [9.17, 15) is 13.2 Å². The minimum Gasteiger partial charge on any atom is -0.470 e. The Morgan fingerprint density at radius 3 is 2.70 bits per heavy atom. The molecule has 0 spiro atoms. The summed E-state index contributed by atoms with van der Waals surface area (Å²) in [5.41, 5.74) is 1.99. The Bertz CT molecular complexity index is 1780. The van der Waals surface area contributed by atoms with Gasteiger partial charge >= 0.3 is 0 Å². The van der Waals surface area contributed by atoms with Gasteiger partial charge in [-0.05, 0) is 80.2 Å².